The van der Waals surface area contributed by atoms with Crippen LogP contribution in [0, 0.1) is 5.92 Å². The molecule has 1 aromatic heterocycles. The molecule has 0 aliphatic rings. The number of ketones is 1. The van der Waals surface area contributed by atoms with Crippen molar-refractivity contribution in [2.75, 3.05) is 34.3 Å². The lowest BCUT2D eigenvalue weighted by Gasteiger charge is -2.13. The fraction of sp³-hybridized carbons (Fsp3) is 0.733. The minimum atomic E-state index is 0.0898. The van der Waals surface area contributed by atoms with Crippen LogP contribution < -0.4 is 10.5 Å². The number of carbonyl (C=O) groups excluding carboxylic acids is 1. The summed E-state index contributed by atoms with van der Waals surface area (Å²) < 4.78 is 7.02. The Bertz CT molecular complexity index is 443. The van der Waals surface area contributed by atoms with Crippen molar-refractivity contribution in [2.45, 2.75) is 32.7 Å². The second kappa shape index (κ2) is 8.79. The van der Waals surface area contributed by atoms with Gasteiger partial charge in [-0.2, -0.15) is 5.10 Å². The minimum Gasteiger partial charge on any atom is -0.493 e. The molecule has 120 valence electrons. The molecule has 1 rings (SSSR count). The smallest absolute Gasteiger partial charge is 0.184 e. The molecule has 0 amide bonds. The zero-order valence-electron chi connectivity index (χ0n) is 13.6. The fourth-order valence-electron chi connectivity index (χ4n) is 2.19. The van der Waals surface area contributed by atoms with E-state index in [0.29, 0.717) is 36.9 Å². The lowest BCUT2D eigenvalue weighted by atomic mass is 9.99. The van der Waals surface area contributed by atoms with Gasteiger partial charge in [0, 0.05) is 13.0 Å². The van der Waals surface area contributed by atoms with Crippen LogP contribution in [-0.4, -0.2) is 54.8 Å². The molecule has 0 fully saturated rings. The van der Waals surface area contributed by atoms with Crippen LogP contribution in [0.1, 0.15) is 36.7 Å². The summed E-state index contributed by atoms with van der Waals surface area (Å²) in [4.78, 5) is 14.5. The van der Waals surface area contributed by atoms with Crippen LogP contribution in [0.3, 0.4) is 0 Å². The van der Waals surface area contributed by atoms with E-state index in [1.165, 1.54) is 0 Å². The number of Topliss-reactive ketones (excluding diaryl/α,β-unsaturated/α-hetero) is 1. The van der Waals surface area contributed by atoms with Crippen molar-refractivity contribution in [1.29, 1.82) is 0 Å². The van der Waals surface area contributed by atoms with Gasteiger partial charge in [0.05, 0.1) is 19.9 Å². The van der Waals surface area contributed by atoms with Crippen LogP contribution in [0.2, 0.25) is 0 Å². The number of ether oxygens (including phenoxy) is 1. The van der Waals surface area contributed by atoms with E-state index in [9.17, 15) is 4.79 Å². The number of nitrogens with two attached hydrogens (primary N) is 1. The highest BCUT2D eigenvalue weighted by molar-refractivity contribution is 5.97. The maximum absolute atomic E-state index is 12.5. The molecule has 0 saturated heterocycles. The molecule has 1 heterocycles. The third-order valence-corrected chi connectivity index (χ3v) is 3.57. The van der Waals surface area contributed by atoms with Gasteiger partial charge in [0.1, 0.15) is 5.69 Å². The molecule has 1 aromatic rings. The Balaban J connectivity index is 2.73. The summed E-state index contributed by atoms with van der Waals surface area (Å²) in [7, 11) is 5.56. The van der Waals surface area contributed by atoms with E-state index >= 15 is 0 Å². The van der Waals surface area contributed by atoms with Gasteiger partial charge in [-0.15, -0.1) is 0 Å². The number of hydrogen-bond donors (Lipinski definition) is 1. The summed E-state index contributed by atoms with van der Waals surface area (Å²) in [5, 5.41) is 4.27. The fourth-order valence-corrected chi connectivity index (χ4v) is 2.19. The van der Waals surface area contributed by atoms with Gasteiger partial charge in [-0.25, -0.2) is 0 Å². The molecule has 0 aliphatic carbocycles. The Kier molecular flexibility index (Phi) is 7.39. The van der Waals surface area contributed by atoms with E-state index in [0.717, 1.165) is 19.4 Å². The number of hydrogen-bond acceptors (Lipinski definition) is 5. The van der Waals surface area contributed by atoms with Crippen LogP contribution in [-0.2, 0) is 6.54 Å². The lowest BCUT2D eigenvalue weighted by Crippen LogP contribution is -2.21. The van der Waals surface area contributed by atoms with Crippen LogP contribution in [0.4, 0.5) is 0 Å². The quantitative estimate of drug-likeness (QED) is 0.661. The zero-order valence-corrected chi connectivity index (χ0v) is 13.6. The zero-order chi connectivity index (χ0) is 15.8. The Labute approximate surface area is 127 Å². The van der Waals surface area contributed by atoms with E-state index in [-0.39, 0.29) is 5.78 Å². The summed E-state index contributed by atoms with van der Waals surface area (Å²) in [6.45, 7) is 4.30. The number of rotatable bonds is 10. The SMILES string of the molecule is COc1cnn(CCN(C)C)c1C(=O)CCC(C)CCN. The van der Waals surface area contributed by atoms with Crippen LogP contribution in [0.25, 0.3) is 0 Å². The summed E-state index contributed by atoms with van der Waals surface area (Å²) in [6, 6.07) is 0. The van der Waals surface area contributed by atoms with Crippen molar-refractivity contribution in [3.63, 3.8) is 0 Å². The van der Waals surface area contributed by atoms with Crippen LogP contribution in [0.5, 0.6) is 5.75 Å². The molecule has 1 atom stereocenters. The topological polar surface area (TPSA) is 73.4 Å². The molecule has 0 bridgehead atoms. The monoisotopic (exact) mass is 296 g/mol. The number of methoxy groups -OCH3 is 1. The first-order valence-electron chi connectivity index (χ1n) is 7.47. The minimum absolute atomic E-state index is 0.0898. The van der Waals surface area contributed by atoms with Crippen molar-refractivity contribution in [3.8, 4) is 5.75 Å². The van der Waals surface area contributed by atoms with Gasteiger partial charge in [0.15, 0.2) is 11.5 Å². The third-order valence-electron chi connectivity index (χ3n) is 3.57. The van der Waals surface area contributed by atoms with Gasteiger partial charge >= 0.3 is 0 Å². The maximum Gasteiger partial charge on any atom is 0.184 e. The molecular formula is C15H28N4O2. The number of aromatic nitrogens is 2. The van der Waals surface area contributed by atoms with E-state index in [1.54, 1.807) is 18.0 Å². The van der Waals surface area contributed by atoms with Crippen molar-refractivity contribution >= 4 is 5.78 Å². The predicted molar refractivity (Wildman–Crippen MR) is 83.7 cm³/mol. The molecule has 1 unspecified atom stereocenters. The van der Waals surface area contributed by atoms with Gasteiger partial charge in [-0.05, 0) is 39.4 Å². The van der Waals surface area contributed by atoms with Crippen molar-refractivity contribution < 1.29 is 9.53 Å². The van der Waals surface area contributed by atoms with Gasteiger partial charge in [-0.3, -0.25) is 9.48 Å². The lowest BCUT2D eigenvalue weighted by molar-refractivity contribution is 0.0959. The van der Waals surface area contributed by atoms with Gasteiger partial charge in [-0.1, -0.05) is 6.92 Å². The number of carbonyl (C=O) groups is 1. The summed E-state index contributed by atoms with van der Waals surface area (Å²) >= 11 is 0. The maximum atomic E-state index is 12.5. The van der Waals surface area contributed by atoms with Crippen LogP contribution >= 0.6 is 0 Å². The Morgan fingerprint density at radius 1 is 1.48 bits per heavy atom. The second-order valence-corrected chi connectivity index (χ2v) is 5.73. The van der Waals surface area contributed by atoms with E-state index < -0.39 is 0 Å². The molecule has 0 aromatic carbocycles. The molecular weight excluding hydrogens is 268 g/mol. The molecule has 0 saturated carbocycles. The normalized spacial score (nSPS) is 12.7. The standard InChI is InChI=1S/C15H28N4O2/c1-12(7-8-16)5-6-13(20)15-14(21-4)11-17-19(15)10-9-18(2)3/h11-12H,5-10,16H2,1-4H3. The third kappa shape index (κ3) is 5.47. The Morgan fingerprint density at radius 2 is 2.19 bits per heavy atom. The summed E-state index contributed by atoms with van der Waals surface area (Å²) in [5.41, 5.74) is 6.13. The highest BCUT2D eigenvalue weighted by atomic mass is 16.5. The summed E-state index contributed by atoms with van der Waals surface area (Å²) in [5.74, 6) is 1.11. The Hall–Kier alpha value is -1.40. The number of likely N-dealkylation sites (N-methyl/N-ethyl adjacent to an activating group) is 1. The van der Waals surface area contributed by atoms with Crippen LogP contribution in [0.15, 0.2) is 6.20 Å². The highest BCUT2D eigenvalue weighted by Crippen LogP contribution is 2.21. The molecule has 2 N–H and O–H groups in total. The van der Waals surface area contributed by atoms with E-state index in [1.807, 2.05) is 14.1 Å². The van der Waals surface area contributed by atoms with Gasteiger partial charge in [0.2, 0.25) is 0 Å². The first-order chi connectivity index (χ1) is 9.99. The Morgan fingerprint density at radius 3 is 2.76 bits per heavy atom. The van der Waals surface area contributed by atoms with Crippen molar-refractivity contribution in [1.82, 2.24) is 14.7 Å². The first kappa shape index (κ1) is 17.7. The average molecular weight is 296 g/mol. The largest absolute Gasteiger partial charge is 0.493 e. The van der Waals surface area contributed by atoms with Crippen molar-refractivity contribution in [2.24, 2.45) is 11.7 Å². The van der Waals surface area contributed by atoms with Gasteiger partial charge < -0.3 is 15.4 Å². The van der Waals surface area contributed by atoms with E-state index in [4.69, 9.17) is 10.5 Å². The summed E-state index contributed by atoms with van der Waals surface area (Å²) in [6.07, 6.45) is 3.92. The van der Waals surface area contributed by atoms with Gasteiger partial charge in [0.25, 0.3) is 0 Å². The number of nitrogens with zero attached hydrogens (tertiary/aromatic N) is 3. The first-order valence-corrected chi connectivity index (χ1v) is 7.47. The molecule has 21 heavy (non-hydrogen) atoms. The van der Waals surface area contributed by atoms with E-state index in [2.05, 4.69) is 16.9 Å². The second-order valence-electron chi connectivity index (χ2n) is 5.73. The molecule has 0 spiro atoms. The molecule has 0 aliphatic heterocycles. The highest BCUT2D eigenvalue weighted by Gasteiger charge is 2.19. The molecule has 0 radical (unpaired) electrons. The van der Waals surface area contributed by atoms with Crippen molar-refractivity contribution in [3.05, 3.63) is 11.9 Å². The predicted octanol–water partition coefficient (Wildman–Crippen LogP) is 1.40. The molecule has 6 nitrogen and oxygen atoms in total. The molecule has 6 heteroatoms. The average Bonchev–Trinajstić information content (AvgIpc) is 2.85.